The highest BCUT2D eigenvalue weighted by atomic mass is 16.3. The van der Waals surface area contributed by atoms with Crippen LogP contribution in [0.5, 0.6) is 0 Å². The first kappa shape index (κ1) is 45.7. The van der Waals surface area contributed by atoms with E-state index in [1.54, 1.807) is 19.1 Å². The zero-order valence-electron chi connectivity index (χ0n) is 31.9. The Morgan fingerprint density at radius 3 is 1.70 bits per heavy atom. The number of amides is 6. The average Bonchev–Trinajstić information content (AvgIpc) is 3.11. The number of aliphatic hydroxyl groups is 1. The molecule has 8 unspecified atom stereocenters. The second-order valence-electron chi connectivity index (χ2n) is 14.4. The molecular formula is C37H61N9O8. The second-order valence-corrected chi connectivity index (χ2v) is 14.4. The van der Waals surface area contributed by atoms with Crippen molar-refractivity contribution in [3.63, 3.8) is 0 Å². The van der Waals surface area contributed by atoms with Gasteiger partial charge >= 0.3 is 0 Å². The molecule has 0 spiro atoms. The van der Waals surface area contributed by atoms with E-state index in [1.165, 1.54) is 6.92 Å². The van der Waals surface area contributed by atoms with Gasteiger partial charge < -0.3 is 54.2 Å². The van der Waals surface area contributed by atoms with Crippen LogP contribution in [0.3, 0.4) is 0 Å². The van der Waals surface area contributed by atoms with Gasteiger partial charge in [0.15, 0.2) is 5.78 Å². The van der Waals surface area contributed by atoms with Crippen LogP contribution in [0.15, 0.2) is 30.3 Å². The first-order valence-electron chi connectivity index (χ1n) is 18.8. The highest BCUT2D eigenvalue weighted by molar-refractivity contribution is 5.97. The molecular weight excluding hydrogens is 698 g/mol. The van der Waals surface area contributed by atoms with Crippen molar-refractivity contribution in [2.24, 2.45) is 35.0 Å². The zero-order valence-corrected chi connectivity index (χ0v) is 31.9. The van der Waals surface area contributed by atoms with E-state index < -0.39 is 89.4 Å². The van der Waals surface area contributed by atoms with Crippen molar-refractivity contribution in [1.29, 1.82) is 0 Å². The summed E-state index contributed by atoms with van der Waals surface area (Å²) in [6.45, 7) is 6.65. The molecule has 1 aliphatic rings. The Balaban J connectivity index is 2.57. The van der Waals surface area contributed by atoms with Gasteiger partial charge in [-0.25, -0.2) is 0 Å². The lowest BCUT2D eigenvalue weighted by atomic mass is 9.89. The van der Waals surface area contributed by atoms with E-state index in [1.807, 2.05) is 32.0 Å². The Labute approximate surface area is 317 Å². The Hall–Kier alpha value is -4.45. The van der Waals surface area contributed by atoms with Crippen LogP contribution in [0.1, 0.15) is 71.8 Å². The maximum Gasteiger partial charge on any atom is 0.245 e. The molecule has 17 nitrogen and oxygen atoms in total. The molecule has 0 aromatic heterocycles. The SMILES string of the molecule is CC(C)CC1NC(=O)C(Cc2ccccc2)CC(=O)C(CCN)NC(=O)C(C)CCNC(=O)C(C(C)O)NC(=O)C(CCN)NC(=O)C(CCN)NC1=O. The molecule has 1 aromatic rings. The number of nitrogens with one attached hydrogen (secondary N) is 6. The molecule has 17 heteroatoms. The predicted octanol–water partition coefficient (Wildman–Crippen LogP) is -2.14. The van der Waals surface area contributed by atoms with Gasteiger partial charge in [0.2, 0.25) is 35.4 Å². The summed E-state index contributed by atoms with van der Waals surface area (Å²) < 4.78 is 0. The lowest BCUT2D eigenvalue weighted by molar-refractivity contribution is -0.136. The van der Waals surface area contributed by atoms with Crippen LogP contribution in [0.2, 0.25) is 0 Å². The Bertz CT molecular complexity index is 1410. The number of carbonyl (C=O) groups is 7. The lowest BCUT2D eigenvalue weighted by Crippen LogP contribution is -2.60. The van der Waals surface area contributed by atoms with Gasteiger partial charge in [0.1, 0.15) is 24.2 Å². The van der Waals surface area contributed by atoms with Gasteiger partial charge in [0.25, 0.3) is 0 Å². The molecule has 1 fully saturated rings. The summed E-state index contributed by atoms with van der Waals surface area (Å²) in [5.41, 5.74) is 18.1. The normalized spacial score (nSPS) is 26.8. The van der Waals surface area contributed by atoms with Crippen LogP contribution in [-0.4, -0.2) is 109 Å². The zero-order chi connectivity index (χ0) is 40.4. The molecule has 0 radical (unpaired) electrons. The molecule has 0 aliphatic carbocycles. The number of carbonyl (C=O) groups excluding carboxylic acids is 7. The summed E-state index contributed by atoms with van der Waals surface area (Å²) in [5.74, 6) is -6.12. The van der Waals surface area contributed by atoms with Crippen LogP contribution in [0.4, 0.5) is 0 Å². The van der Waals surface area contributed by atoms with E-state index in [0.29, 0.717) is 0 Å². The molecule has 2 rings (SSSR count). The van der Waals surface area contributed by atoms with Gasteiger partial charge in [-0.2, -0.15) is 0 Å². The standard InChI is InChI=1S/C37H61N9O8/c1-21(2)18-29-36(53)44-27(11-15-39)34(51)43-28(12-16-40)35(52)46-31(23(4)47)37(54)41-17-13-22(3)32(49)42-26(10-14-38)30(48)20-25(33(50)45-29)19-24-8-6-5-7-9-24/h5-9,21-23,25-29,31,47H,10-20,38-40H2,1-4H3,(H,41,54)(H,42,49)(H,43,51)(H,44,53)(H,45,50)(H,46,52). The third-order valence-corrected chi connectivity index (χ3v) is 9.21. The van der Waals surface area contributed by atoms with Gasteiger partial charge in [-0.3, -0.25) is 33.6 Å². The van der Waals surface area contributed by atoms with E-state index in [-0.39, 0.29) is 77.0 Å². The largest absolute Gasteiger partial charge is 0.391 e. The summed E-state index contributed by atoms with van der Waals surface area (Å²) in [4.78, 5) is 94.9. The summed E-state index contributed by atoms with van der Waals surface area (Å²) in [7, 11) is 0. The van der Waals surface area contributed by atoms with Gasteiger partial charge in [0.05, 0.1) is 12.1 Å². The molecule has 1 heterocycles. The smallest absolute Gasteiger partial charge is 0.245 e. The van der Waals surface area contributed by atoms with Gasteiger partial charge in [-0.1, -0.05) is 51.1 Å². The van der Waals surface area contributed by atoms with E-state index in [2.05, 4.69) is 31.9 Å². The predicted molar refractivity (Wildman–Crippen MR) is 202 cm³/mol. The van der Waals surface area contributed by atoms with Crippen molar-refractivity contribution < 1.29 is 38.7 Å². The Morgan fingerprint density at radius 2 is 1.17 bits per heavy atom. The minimum atomic E-state index is -1.42. The highest BCUT2D eigenvalue weighted by Crippen LogP contribution is 2.18. The Morgan fingerprint density at radius 1 is 0.667 bits per heavy atom. The van der Waals surface area contributed by atoms with Crippen molar-refractivity contribution in [2.75, 3.05) is 26.2 Å². The van der Waals surface area contributed by atoms with Crippen molar-refractivity contribution in [2.45, 2.75) is 109 Å². The lowest BCUT2D eigenvalue weighted by Gasteiger charge is -2.28. The van der Waals surface area contributed by atoms with Crippen molar-refractivity contribution in [3.05, 3.63) is 35.9 Å². The number of ketones is 1. The van der Waals surface area contributed by atoms with Crippen molar-refractivity contribution in [1.82, 2.24) is 31.9 Å². The number of benzene rings is 1. The fraction of sp³-hybridized carbons (Fsp3) is 0.649. The molecule has 13 N–H and O–H groups in total. The number of nitrogens with two attached hydrogens (primary N) is 3. The van der Waals surface area contributed by atoms with Crippen LogP contribution in [0, 0.1) is 17.8 Å². The van der Waals surface area contributed by atoms with E-state index in [9.17, 15) is 38.7 Å². The average molecular weight is 760 g/mol. The number of rotatable bonds is 11. The first-order valence-corrected chi connectivity index (χ1v) is 18.8. The van der Waals surface area contributed by atoms with Crippen LogP contribution < -0.4 is 49.1 Å². The molecule has 6 amide bonds. The van der Waals surface area contributed by atoms with Gasteiger partial charge in [-0.15, -0.1) is 0 Å². The first-order chi connectivity index (χ1) is 25.6. The number of aliphatic hydroxyl groups excluding tert-OH is 1. The molecule has 1 aromatic carbocycles. The number of Topliss-reactive ketones (excluding diaryl/α,β-unsaturated/α-hetero) is 1. The molecule has 302 valence electrons. The second kappa shape index (κ2) is 23.4. The van der Waals surface area contributed by atoms with Crippen LogP contribution in [-0.2, 0) is 40.0 Å². The maximum atomic E-state index is 14.0. The molecule has 0 bridgehead atoms. The monoisotopic (exact) mass is 759 g/mol. The third kappa shape index (κ3) is 15.1. The van der Waals surface area contributed by atoms with Crippen LogP contribution in [0.25, 0.3) is 0 Å². The fourth-order valence-electron chi connectivity index (χ4n) is 6.06. The minimum absolute atomic E-state index is 0.0116. The van der Waals surface area contributed by atoms with Crippen molar-refractivity contribution in [3.8, 4) is 0 Å². The Kier molecular flexibility index (Phi) is 19.8. The summed E-state index contributed by atoms with van der Waals surface area (Å²) in [6, 6.07) is 3.05. The number of hydrogen-bond donors (Lipinski definition) is 10. The fourth-order valence-corrected chi connectivity index (χ4v) is 6.06. The molecule has 54 heavy (non-hydrogen) atoms. The highest BCUT2D eigenvalue weighted by Gasteiger charge is 2.35. The molecule has 0 saturated carbocycles. The van der Waals surface area contributed by atoms with Gasteiger partial charge in [-0.05, 0) is 76.6 Å². The number of hydrogen-bond acceptors (Lipinski definition) is 11. The van der Waals surface area contributed by atoms with Crippen LogP contribution >= 0.6 is 0 Å². The summed E-state index contributed by atoms with van der Waals surface area (Å²) in [5, 5.41) is 26.3. The summed E-state index contributed by atoms with van der Waals surface area (Å²) in [6.07, 6.45) is -1.08. The molecule has 1 aliphatic heterocycles. The topological polar surface area (TPSA) is 290 Å². The third-order valence-electron chi connectivity index (χ3n) is 9.21. The summed E-state index contributed by atoms with van der Waals surface area (Å²) >= 11 is 0. The van der Waals surface area contributed by atoms with E-state index >= 15 is 0 Å². The van der Waals surface area contributed by atoms with Crippen molar-refractivity contribution >= 4 is 41.2 Å². The molecule has 8 atom stereocenters. The quantitative estimate of drug-likeness (QED) is 0.116. The van der Waals surface area contributed by atoms with E-state index in [4.69, 9.17) is 17.2 Å². The van der Waals surface area contributed by atoms with Gasteiger partial charge in [0, 0.05) is 24.8 Å². The maximum absolute atomic E-state index is 14.0. The minimum Gasteiger partial charge on any atom is -0.391 e. The van der Waals surface area contributed by atoms with E-state index in [0.717, 1.165) is 5.56 Å². The molecule has 1 saturated heterocycles.